The van der Waals surface area contributed by atoms with Crippen molar-refractivity contribution in [2.75, 3.05) is 13.2 Å². The van der Waals surface area contributed by atoms with Crippen LogP contribution in [-0.2, 0) is 0 Å². The summed E-state index contributed by atoms with van der Waals surface area (Å²) in [6.07, 6.45) is 4.67. The van der Waals surface area contributed by atoms with Crippen molar-refractivity contribution in [3.05, 3.63) is 33.4 Å². The van der Waals surface area contributed by atoms with Crippen molar-refractivity contribution in [2.24, 2.45) is 0 Å². The van der Waals surface area contributed by atoms with Gasteiger partial charge in [-0.3, -0.25) is 10.1 Å². The molecule has 0 aliphatic carbocycles. The normalized spacial score (nSPS) is 18.2. The summed E-state index contributed by atoms with van der Waals surface area (Å²) in [6, 6.07) is 3.99. The first kappa shape index (κ1) is 14.8. The van der Waals surface area contributed by atoms with E-state index in [4.69, 9.17) is 4.74 Å². The van der Waals surface area contributed by atoms with Gasteiger partial charge >= 0.3 is 0 Å². The van der Waals surface area contributed by atoms with E-state index in [1.165, 1.54) is 12.8 Å². The lowest BCUT2D eigenvalue weighted by atomic mass is 10.1. The largest absolute Gasteiger partial charge is 0.493 e. The van der Waals surface area contributed by atoms with E-state index in [9.17, 15) is 10.1 Å². The monoisotopic (exact) mass is 278 g/mol. The van der Waals surface area contributed by atoms with Gasteiger partial charge in [0.05, 0.1) is 11.5 Å². The summed E-state index contributed by atoms with van der Waals surface area (Å²) in [5, 5.41) is 14.3. The Morgan fingerprint density at radius 2 is 2.20 bits per heavy atom. The Hall–Kier alpha value is -1.62. The summed E-state index contributed by atoms with van der Waals surface area (Å²) in [5.74, 6) is 0.757. The molecule has 0 aromatic heterocycles. The molecule has 0 saturated carbocycles. The van der Waals surface area contributed by atoms with Crippen molar-refractivity contribution in [2.45, 2.75) is 45.6 Å². The van der Waals surface area contributed by atoms with Crippen LogP contribution in [0.25, 0.3) is 0 Å². The summed E-state index contributed by atoms with van der Waals surface area (Å²) in [4.78, 5) is 10.5. The van der Waals surface area contributed by atoms with Gasteiger partial charge in [-0.05, 0) is 57.7 Å². The molecule has 0 radical (unpaired) electrons. The lowest BCUT2D eigenvalue weighted by molar-refractivity contribution is -0.385. The van der Waals surface area contributed by atoms with Gasteiger partial charge in [0.2, 0.25) is 0 Å². The summed E-state index contributed by atoms with van der Waals surface area (Å²) in [7, 11) is 0. The Labute approximate surface area is 119 Å². The van der Waals surface area contributed by atoms with Crippen LogP contribution >= 0.6 is 0 Å². The fourth-order valence-electron chi connectivity index (χ4n) is 2.64. The summed E-state index contributed by atoms with van der Waals surface area (Å²) in [6.45, 7) is 5.38. The molecule has 2 rings (SSSR count). The SMILES string of the molecule is Cc1cc([N+](=O)[O-])c(C)cc1OCCCC1CCCN1. The summed E-state index contributed by atoms with van der Waals surface area (Å²) >= 11 is 0. The van der Waals surface area contributed by atoms with Gasteiger partial charge in [0.15, 0.2) is 0 Å². The molecule has 0 amide bonds. The zero-order valence-corrected chi connectivity index (χ0v) is 12.1. The van der Waals surface area contributed by atoms with Gasteiger partial charge in [-0.25, -0.2) is 0 Å². The van der Waals surface area contributed by atoms with Crippen molar-refractivity contribution in [1.29, 1.82) is 0 Å². The molecule has 0 spiro atoms. The summed E-state index contributed by atoms with van der Waals surface area (Å²) < 4.78 is 5.76. The molecule has 1 aliphatic rings. The Morgan fingerprint density at radius 1 is 1.40 bits per heavy atom. The van der Waals surface area contributed by atoms with Crippen LogP contribution in [0, 0.1) is 24.0 Å². The molecule has 20 heavy (non-hydrogen) atoms. The topological polar surface area (TPSA) is 64.4 Å². The zero-order chi connectivity index (χ0) is 14.5. The number of ether oxygens (including phenoxy) is 1. The number of benzene rings is 1. The maximum atomic E-state index is 10.9. The summed E-state index contributed by atoms with van der Waals surface area (Å²) in [5.41, 5.74) is 1.62. The fraction of sp³-hybridized carbons (Fsp3) is 0.600. The van der Waals surface area contributed by atoms with Crippen LogP contribution in [0.4, 0.5) is 5.69 Å². The molecule has 1 aromatic carbocycles. The number of nitro groups is 1. The average Bonchev–Trinajstić information content (AvgIpc) is 2.90. The predicted molar refractivity (Wildman–Crippen MR) is 78.3 cm³/mol. The third-order valence-electron chi connectivity index (χ3n) is 3.81. The number of nitrogens with zero attached hydrogens (tertiary/aromatic N) is 1. The van der Waals surface area contributed by atoms with Crippen LogP contribution in [0.15, 0.2) is 12.1 Å². The average molecular weight is 278 g/mol. The second-order valence-corrected chi connectivity index (χ2v) is 5.45. The van der Waals surface area contributed by atoms with E-state index in [0.717, 1.165) is 30.7 Å². The third-order valence-corrected chi connectivity index (χ3v) is 3.81. The first-order chi connectivity index (χ1) is 9.58. The Balaban J connectivity index is 1.86. The van der Waals surface area contributed by atoms with E-state index >= 15 is 0 Å². The number of nitro benzene ring substituents is 1. The standard InChI is InChI=1S/C15H22N2O3/c1-11-10-15(12(2)9-14(11)17(18)19)20-8-4-6-13-5-3-7-16-13/h9-10,13,16H,3-8H2,1-2H3. The van der Waals surface area contributed by atoms with Crippen LogP contribution in [0.1, 0.15) is 36.8 Å². The first-order valence-corrected chi connectivity index (χ1v) is 7.19. The maximum Gasteiger partial charge on any atom is 0.272 e. The molecule has 5 heteroatoms. The lowest BCUT2D eigenvalue weighted by Gasteiger charge is -2.12. The van der Waals surface area contributed by atoms with Crippen LogP contribution in [-0.4, -0.2) is 24.1 Å². The second-order valence-electron chi connectivity index (χ2n) is 5.45. The van der Waals surface area contributed by atoms with E-state index in [1.54, 1.807) is 19.1 Å². The van der Waals surface area contributed by atoms with E-state index < -0.39 is 0 Å². The zero-order valence-electron chi connectivity index (χ0n) is 12.1. The highest BCUT2D eigenvalue weighted by molar-refractivity contribution is 5.49. The first-order valence-electron chi connectivity index (χ1n) is 7.19. The Morgan fingerprint density at radius 3 is 2.85 bits per heavy atom. The minimum absolute atomic E-state index is 0.157. The van der Waals surface area contributed by atoms with E-state index in [0.29, 0.717) is 18.2 Å². The van der Waals surface area contributed by atoms with Gasteiger partial charge < -0.3 is 10.1 Å². The molecule has 5 nitrogen and oxygen atoms in total. The van der Waals surface area contributed by atoms with Crippen molar-refractivity contribution in [3.63, 3.8) is 0 Å². The number of aryl methyl sites for hydroxylation is 2. The van der Waals surface area contributed by atoms with Crippen LogP contribution in [0.2, 0.25) is 0 Å². The number of hydrogen-bond acceptors (Lipinski definition) is 4. The molecule has 1 heterocycles. The Bertz CT molecular complexity index is 482. The number of nitrogens with one attached hydrogen (secondary N) is 1. The highest BCUT2D eigenvalue weighted by Gasteiger charge is 2.15. The third kappa shape index (κ3) is 3.70. The molecule has 1 aromatic rings. The molecular formula is C15H22N2O3. The van der Waals surface area contributed by atoms with Gasteiger partial charge in [-0.15, -0.1) is 0 Å². The molecule has 1 atom stereocenters. The van der Waals surface area contributed by atoms with Crippen molar-refractivity contribution >= 4 is 5.69 Å². The lowest BCUT2D eigenvalue weighted by Crippen LogP contribution is -2.21. The molecule has 1 unspecified atom stereocenters. The van der Waals surface area contributed by atoms with Gasteiger partial charge in [0.1, 0.15) is 5.75 Å². The minimum atomic E-state index is -0.349. The molecule has 1 fully saturated rings. The van der Waals surface area contributed by atoms with Crippen LogP contribution < -0.4 is 10.1 Å². The molecule has 1 aliphatic heterocycles. The van der Waals surface area contributed by atoms with Crippen molar-refractivity contribution < 1.29 is 9.66 Å². The Kier molecular flexibility index (Phi) is 4.95. The van der Waals surface area contributed by atoms with Gasteiger partial charge in [-0.2, -0.15) is 0 Å². The highest BCUT2D eigenvalue weighted by Crippen LogP contribution is 2.27. The van der Waals surface area contributed by atoms with Crippen LogP contribution in [0.5, 0.6) is 5.75 Å². The second kappa shape index (κ2) is 6.70. The molecule has 1 saturated heterocycles. The van der Waals surface area contributed by atoms with Gasteiger partial charge in [-0.1, -0.05) is 0 Å². The fourth-order valence-corrected chi connectivity index (χ4v) is 2.64. The predicted octanol–water partition coefficient (Wildman–Crippen LogP) is 3.12. The smallest absolute Gasteiger partial charge is 0.272 e. The molecular weight excluding hydrogens is 256 g/mol. The van der Waals surface area contributed by atoms with Crippen molar-refractivity contribution in [1.82, 2.24) is 5.32 Å². The van der Waals surface area contributed by atoms with E-state index in [2.05, 4.69) is 5.32 Å². The van der Waals surface area contributed by atoms with E-state index in [-0.39, 0.29) is 10.6 Å². The molecule has 1 N–H and O–H groups in total. The van der Waals surface area contributed by atoms with Crippen molar-refractivity contribution in [3.8, 4) is 5.75 Å². The minimum Gasteiger partial charge on any atom is -0.493 e. The quantitative estimate of drug-likeness (QED) is 0.493. The maximum absolute atomic E-state index is 10.9. The molecule has 0 bridgehead atoms. The number of rotatable bonds is 6. The van der Waals surface area contributed by atoms with Gasteiger partial charge in [0.25, 0.3) is 5.69 Å². The highest BCUT2D eigenvalue weighted by atomic mass is 16.6. The molecule has 110 valence electrons. The van der Waals surface area contributed by atoms with Gasteiger partial charge in [0, 0.05) is 17.7 Å². The van der Waals surface area contributed by atoms with Crippen LogP contribution in [0.3, 0.4) is 0 Å². The number of hydrogen-bond donors (Lipinski definition) is 1. The van der Waals surface area contributed by atoms with E-state index in [1.807, 2.05) is 6.92 Å².